The number of aryl methyl sites for hydroxylation is 1. The van der Waals surface area contributed by atoms with Crippen molar-refractivity contribution >= 4 is 17.5 Å². The van der Waals surface area contributed by atoms with E-state index in [0.29, 0.717) is 18.8 Å². The van der Waals surface area contributed by atoms with Crippen molar-refractivity contribution in [3.8, 4) is 0 Å². The molecule has 1 amide bonds. The molecule has 17 heavy (non-hydrogen) atoms. The van der Waals surface area contributed by atoms with Crippen LogP contribution in [0.5, 0.6) is 0 Å². The Morgan fingerprint density at radius 1 is 1.35 bits per heavy atom. The zero-order chi connectivity index (χ0) is 12.8. The second-order valence-electron chi connectivity index (χ2n) is 3.90. The maximum absolute atomic E-state index is 11.4. The van der Waals surface area contributed by atoms with Crippen LogP contribution >= 0.6 is 0 Å². The second-order valence-corrected chi connectivity index (χ2v) is 3.90. The molecule has 0 radical (unpaired) electrons. The van der Waals surface area contributed by atoms with Gasteiger partial charge in [0.15, 0.2) is 0 Å². The van der Waals surface area contributed by atoms with Gasteiger partial charge in [0.1, 0.15) is 17.5 Å². The van der Waals surface area contributed by atoms with Gasteiger partial charge in [-0.15, -0.1) is 0 Å². The quantitative estimate of drug-likeness (QED) is 0.789. The molecule has 0 aromatic carbocycles. The van der Waals surface area contributed by atoms with Crippen LogP contribution in [0.25, 0.3) is 0 Å². The SMILES string of the molecule is CNc1cc(NCCC(=O)N(C)C)nc(C)n1. The molecule has 6 heteroatoms. The number of rotatable bonds is 5. The molecule has 0 aliphatic heterocycles. The van der Waals surface area contributed by atoms with E-state index in [2.05, 4.69) is 20.6 Å². The summed E-state index contributed by atoms with van der Waals surface area (Å²) in [6, 6.07) is 1.81. The summed E-state index contributed by atoms with van der Waals surface area (Å²) in [6.07, 6.45) is 0.449. The van der Waals surface area contributed by atoms with Crippen LogP contribution < -0.4 is 10.6 Å². The predicted molar refractivity (Wildman–Crippen MR) is 68.1 cm³/mol. The van der Waals surface area contributed by atoms with E-state index >= 15 is 0 Å². The second kappa shape index (κ2) is 6.03. The first-order valence-electron chi connectivity index (χ1n) is 5.50. The molecule has 0 atom stereocenters. The maximum atomic E-state index is 11.4. The highest BCUT2D eigenvalue weighted by Gasteiger charge is 2.04. The largest absolute Gasteiger partial charge is 0.373 e. The van der Waals surface area contributed by atoms with Crippen LogP contribution in [0.4, 0.5) is 11.6 Å². The Bertz CT molecular complexity index is 391. The first-order valence-corrected chi connectivity index (χ1v) is 5.50. The van der Waals surface area contributed by atoms with Crippen LogP contribution in [0.15, 0.2) is 6.07 Å². The van der Waals surface area contributed by atoms with Crippen LogP contribution in [-0.2, 0) is 4.79 Å². The fourth-order valence-corrected chi connectivity index (χ4v) is 1.31. The van der Waals surface area contributed by atoms with Gasteiger partial charge in [-0.05, 0) is 6.92 Å². The first-order chi connectivity index (χ1) is 8.02. The number of aromatic nitrogens is 2. The smallest absolute Gasteiger partial charge is 0.223 e. The topological polar surface area (TPSA) is 70.2 Å². The molecule has 0 saturated heterocycles. The fraction of sp³-hybridized carbons (Fsp3) is 0.545. The number of nitrogens with zero attached hydrogens (tertiary/aromatic N) is 3. The van der Waals surface area contributed by atoms with E-state index in [1.807, 2.05) is 13.0 Å². The molecule has 0 aliphatic rings. The molecule has 0 bridgehead atoms. The third-order valence-corrected chi connectivity index (χ3v) is 2.24. The highest BCUT2D eigenvalue weighted by atomic mass is 16.2. The Kier molecular flexibility index (Phi) is 4.68. The van der Waals surface area contributed by atoms with Crippen LogP contribution in [0.1, 0.15) is 12.2 Å². The van der Waals surface area contributed by atoms with Gasteiger partial charge in [-0.3, -0.25) is 4.79 Å². The highest BCUT2D eigenvalue weighted by molar-refractivity contribution is 5.76. The Labute approximate surface area is 101 Å². The van der Waals surface area contributed by atoms with Gasteiger partial charge >= 0.3 is 0 Å². The third-order valence-electron chi connectivity index (χ3n) is 2.24. The molecule has 1 heterocycles. The summed E-state index contributed by atoms with van der Waals surface area (Å²) >= 11 is 0. The van der Waals surface area contributed by atoms with Gasteiger partial charge in [0.05, 0.1) is 0 Å². The normalized spacial score (nSPS) is 9.88. The minimum atomic E-state index is 0.0946. The minimum Gasteiger partial charge on any atom is -0.373 e. The van der Waals surface area contributed by atoms with Crippen LogP contribution in [0, 0.1) is 6.92 Å². The summed E-state index contributed by atoms with van der Waals surface area (Å²) in [4.78, 5) is 21.4. The van der Waals surface area contributed by atoms with Crippen molar-refractivity contribution in [3.05, 3.63) is 11.9 Å². The van der Waals surface area contributed by atoms with E-state index in [4.69, 9.17) is 0 Å². The van der Waals surface area contributed by atoms with Crippen LogP contribution in [0.3, 0.4) is 0 Å². The van der Waals surface area contributed by atoms with Gasteiger partial charge in [-0.25, -0.2) is 9.97 Å². The summed E-state index contributed by atoms with van der Waals surface area (Å²) in [5.41, 5.74) is 0. The molecule has 2 N–H and O–H groups in total. The van der Waals surface area contributed by atoms with Gasteiger partial charge in [0, 0.05) is 40.2 Å². The molecule has 6 nitrogen and oxygen atoms in total. The predicted octanol–water partition coefficient (Wildman–Crippen LogP) is 0.717. The Morgan fingerprint density at radius 3 is 2.59 bits per heavy atom. The summed E-state index contributed by atoms with van der Waals surface area (Å²) in [5, 5.41) is 6.07. The van der Waals surface area contributed by atoms with Gasteiger partial charge < -0.3 is 15.5 Å². The van der Waals surface area contributed by atoms with Gasteiger partial charge in [-0.2, -0.15) is 0 Å². The molecule has 0 unspecified atom stereocenters. The van der Waals surface area contributed by atoms with Crippen molar-refractivity contribution in [2.45, 2.75) is 13.3 Å². The van der Waals surface area contributed by atoms with Crippen molar-refractivity contribution in [3.63, 3.8) is 0 Å². The molecular formula is C11H19N5O. The Balaban J connectivity index is 2.52. The Morgan fingerprint density at radius 2 is 2.00 bits per heavy atom. The van der Waals surface area contributed by atoms with E-state index in [1.54, 1.807) is 26.0 Å². The first kappa shape index (κ1) is 13.2. The van der Waals surface area contributed by atoms with Gasteiger partial charge in [0.25, 0.3) is 0 Å². The maximum Gasteiger partial charge on any atom is 0.223 e. The van der Waals surface area contributed by atoms with Crippen molar-refractivity contribution in [1.29, 1.82) is 0 Å². The van der Waals surface area contributed by atoms with Crippen molar-refractivity contribution in [1.82, 2.24) is 14.9 Å². The lowest BCUT2D eigenvalue weighted by Gasteiger charge is -2.11. The fourth-order valence-electron chi connectivity index (χ4n) is 1.31. The molecule has 94 valence electrons. The van der Waals surface area contributed by atoms with E-state index in [0.717, 1.165) is 11.6 Å². The minimum absolute atomic E-state index is 0.0946. The lowest BCUT2D eigenvalue weighted by molar-refractivity contribution is -0.128. The number of hydrogen-bond donors (Lipinski definition) is 2. The van der Waals surface area contributed by atoms with Crippen molar-refractivity contribution < 1.29 is 4.79 Å². The highest BCUT2D eigenvalue weighted by Crippen LogP contribution is 2.10. The molecule has 1 aromatic heterocycles. The number of carbonyl (C=O) groups excluding carboxylic acids is 1. The molecule has 0 aliphatic carbocycles. The summed E-state index contributed by atoms with van der Waals surface area (Å²) in [7, 11) is 5.30. The summed E-state index contributed by atoms with van der Waals surface area (Å²) in [5.74, 6) is 2.28. The standard InChI is InChI=1S/C11H19N5O/c1-8-14-9(12-2)7-10(15-8)13-6-5-11(17)16(3)4/h7H,5-6H2,1-4H3,(H2,12,13,14,15). The third kappa shape index (κ3) is 4.26. The molecular weight excluding hydrogens is 218 g/mol. The number of hydrogen-bond acceptors (Lipinski definition) is 5. The molecule has 0 fully saturated rings. The zero-order valence-corrected chi connectivity index (χ0v) is 10.7. The monoisotopic (exact) mass is 237 g/mol. The lowest BCUT2D eigenvalue weighted by Crippen LogP contribution is -2.24. The molecule has 0 saturated carbocycles. The zero-order valence-electron chi connectivity index (χ0n) is 10.7. The van der Waals surface area contributed by atoms with Crippen LogP contribution in [-0.4, -0.2) is 48.5 Å². The average Bonchev–Trinajstić information content (AvgIpc) is 2.27. The number of anilines is 2. The number of nitrogens with one attached hydrogen (secondary N) is 2. The Hall–Kier alpha value is -1.85. The lowest BCUT2D eigenvalue weighted by atomic mass is 10.3. The summed E-state index contributed by atoms with van der Waals surface area (Å²) in [6.45, 7) is 2.40. The van der Waals surface area contributed by atoms with E-state index in [1.165, 1.54) is 0 Å². The number of amides is 1. The van der Waals surface area contributed by atoms with Crippen molar-refractivity contribution in [2.75, 3.05) is 38.3 Å². The van der Waals surface area contributed by atoms with Gasteiger partial charge in [0.2, 0.25) is 5.91 Å². The van der Waals surface area contributed by atoms with Gasteiger partial charge in [-0.1, -0.05) is 0 Å². The van der Waals surface area contributed by atoms with E-state index in [-0.39, 0.29) is 5.91 Å². The van der Waals surface area contributed by atoms with Crippen LogP contribution in [0.2, 0.25) is 0 Å². The molecule has 0 spiro atoms. The molecule has 1 rings (SSSR count). The average molecular weight is 237 g/mol. The molecule has 1 aromatic rings. The van der Waals surface area contributed by atoms with E-state index < -0.39 is 0 Å². The van der Waals surface area contributed by atoms with E-state index in [9.17, 15) is 4.79 Å². The number of carbonyl (C=O) groups is 1. The summed E-state index contributed by atoms with van der Waals surface area (Å²) < 4.78 is 0. The van der Waals surface area contributed by atoms with Crippen molar-refractivity contribution in [2.24, 2.45) is 0 Å².